The van der Waals surface area contributed by atoms with Gasteiger partial charge in [0.1, 0.15) is 0 Å². The Morgan fingerprint density at radius 3 is 2.83 bits per heavy atom. The number of thiophene rings is 1. The zero-order chi connectivity index (χ0) is 8.97. The molecule has 2 N–H and O–H groups in total. The van der Waals surface area contributed by atoms with Gasteiger partial charge in [-0.3, -0.25) is 0 Å². The van der Waals surface area contributed by atoms with E-state index in [9.17, 15) is 0 Å². The molecule has 0 fully saturated rings. The van der Waals surface area contributed by atoms with E-state index in [1.54, 1.807) is 0 Å². The second-order valence-electron chi connectivity index (χ2n) is 3.09. The summed E-state index contributed by atoms with van der Waals surface area (Å²) in [4.78, 5) is 1.45. The van der Waals surface area contributed by atoms with Crippen LogP contribution in [-0.4, -0.2) is 6.54 Å². The average Bonchev–Trinajstić information content (AvgIpc) is 2.47. The first-order valence-corrected chi connectivity index (χ1v) is 5.77. The predicted molar refractivity (Wildman–Crippen MR) is 58.6 cm³/mol. The fraction of sp³-hybridized carbons (Fsp3) is 0.556. The van der Waals surface area contributed by atoms with Crippen LogP contribution in [0.2, 0.25) is 0 Å². The lowest BCUT2D eigenvalue weighted by Crippen LogP contribution is -2.10. The molecule has 1 unspecified atom stereocenters. The second-order valence-corrected chi connectivity index (χ2v) is 5.63. The van der Waals surface area contributed by atoms with Gasteiger partial charge in [-0.1, -0.05) is 6.92 Å². The van der Waals surface area contributed by atoms with Gasteiger partial charge in [-0.2, -0.15) is 0 Å². The number of hydrogen-bond donors (Lipinski definition) is 1. The van der Waals surface area contributed by atoms with Crippen LogP contribution in [0, 0.1) is 5.92 Å². The van der Waals surface area contributed by atoms with E-state index in [0.29, 0.717) is 5.92 Å². The third kappa shape index (κ3) is 3.25. The Balaban J connectivity index is 2.33. The van der Waals surface area contributed by atoms with Gasteiger partial charge in [0.25, 0.3) is 0 Å². The molecular formula is C9H14BrNS. The minimum absolute atomic E-state index is 0.644. The van der Waals surface area contributed by atoms with Gasteiger partial charge in [0.2, 0.25) is 0 Å². The first kappa shape index (κ1) is 10.2. The standard InChI is InChI=1S/C9H14BrNS/c1-7(6-11)2-3-8-4-5-9(10)12-8/h4-5,7H,2-3,6,11H2,1H3. The molecule has 0 spiro atoms. The predicted octanol–water partition coefficient (Wildman–Crippen LogP) is 3.04. The van der Waals surface area contributed by atoms with E-state index in [4.69, 9.17) is 5.73 Å². The maximum atomic E-state index is 5.54. The van der Waals surface area contributed by atoms with Crippen molar-refractivity contribution in [2.24, 2.45) is 11.7 Å². The number of hydrogen-bond acceptors (Lipinski definition) is 2. The zero-order valence-corrected chi connectivity index (χ0v) is 9.62. The normalized spacial score (nSPS) is 13.2. The first-order valence-electron chi connectivity index (χ1n) is 4.16. The van der Waals surface area contributed by atoms with E-state index < -0.39 is 0 Å². The van der Waals surface area contributed by atoms with E-state index >= 15 is 0 Å². The summed E-state index contributed by atoms with van der Waals surface area (Å²) in [6.45, 7) is 3.00. The summed E-state index contributed by atoms with van der Waals surface area (Å²) in [5, 5.41) is 0. The minimum Gasteiger partial charge on any atom is -0.330 e. The van der Waals surface area contributed by atoms with Crippen LogP contribution < -0.4 is 5.73 Å². The zero-order valence-electron chi connectivity index (χ0n) is 7.22. The molecule has 0 bridgehead atoms. The van der Waals surface area contributed by atoms with Crippen LogP contribution in [-0.2, 0) is 6.42 Å². The van der Waals surface area contributed by atoms with Gasteiger partial charge in [-0.25, -0.2) is 0 Å². The Kier molecular flexibility index (Phi) is 4.26. The summed E-state index contributed by atoms with van der Waals surface area (Å²) in [5.74, 6) is 0.644. The van der Waals surface area contributed by atoms with Gasteiger partial charge in [-0.15, -0.1) is 11.3 Å². The molecule has 1 nitrogen and oxygen atoms in total. The van der Waals surface area contributed by atoms with Crippen molar-refractivity contribution in [3.63, 3.8) is 0 Å². The molecule has 0 aliphatic heterocycles. The summed E-state index contributed by atoms with van der Waals surface area (Å²) in [5.41, 5.74) is 5.54. The molecule has 0 aliphatic rings. The van der Waals surface area contributed by atoms with E-state index in [1.165, 1.54) is 15.1 Å². The lowest BCUT2D eigenvalue weighted by Gasteiger charge is -2.05. The third-order valence-corrected chi connectivity index (χ3v) is 3.60. The van der Waals surface area contributed by atoms with Crippen molar-refractivity contribution in [2.45, 2.75) is 19.8 Å². The Morgan fingerprint density at radius 2 is 2.33 bits per heavy atom. The van der Waals surface area contributed by atoms with E-state index in [1.807, 2.05) is 11.3 Å². The van der Waals surface area contributed by atoms with E-state index in [2.05, 4.69) is 35.0 Å². The van der Waals surface area contributed by atoms with Crippen LogP contribution in [0.25, 0.3) is 0 Å². The van der Waals surface area contributed by atoms with Gasteiger partial charge < -0.3 is 5.73 Å². The summed E-state index contributed by atoms with van der Waals surface area (Å²) in [6, 6.07) is 4.28. The van der Waals surface area contributed by atoms with Crippen molar-refractivity contribution in [3.8, 4) is 0 Å². The average molecular weight is 248 g/mol. The first-order chi connectivity index (χ1) is 5.72. The molecule has 1 heterocycles. The van der Waals surface area contributed by atoms with Crippen LogP contribution in [0.15, 0.2) is 15.9 Å². The molecule has 68 valence electrons. The fourth-order valence-electron chi connectivity index (χ4n) is 0.993. The monoisotopic (exact) mass is 247 g/mol. The highest BCUT2D eigenvalue weighted by molar-refractivity contribution is 9.11. The molecule has 1 atom stereocenters. The number of nitrogens with two attached hydrogens (primary N) is 1. The van der Waals surface area contributed by atoms with Crippen molar-refractivity contribution >= 4 is 27.3 Å². The molecule has 1 rings (SSSR count). The van der Waals surface area contributed by atoms with Crippen LogP contribution in [0.3, 0.4) is 0 Å². The molecule has 12 heavy (non-hydrogen) atoms. The number of aryl methyl sites for hydroxylation is 1. The molecule has 0 amide bonds. The van der Waals surface area contributed by atoms with Crippen LogP contribution in [0.1, 0.15) is 18.2 Å². The summed E-state index contributed by atoms with van der Waals surface area (Å²) in [6.07, 6.45) is 2.36. The largest absolute Gasteiger partial charge is 0.330 e. The maximum Gasteiger partial charge on any atom is 0.0701 e. The lowest BCUT2D eigenvalue weighted by molar-refractivity contribution is 0.547. The molecule has 0 aromatic carbocycles. The molecule has 0 radical (unpaired) electrons. The lowest BCUT2D eigenvalue weighted by atomic mass is 10.1. The molecule has 1 aromatic heterocycles. The minimum atomic E-state index is 0.644. The Morgan fingerprint density at radius 1 is 1.58 bits per heavy atom. The van der Waals surface area contributed by atoms with Gasteiger partial charge >= 0.3 is 0 Å². The number of rotatable bonds is 4. The highest BCUT2D eigenvalue weighted by Crippen LogP contribution is 2.23. The molecule has 1 aromatic rings. The van der Waals surface area contributed by atoms with Crippen molar-refractivity contribution in [1.29, 1.82) is 0 Å². The van der Waals surface area contributed by atoms with Crippen molar-refractivity contribution in [3.05, 3.63) is 20.8 Å². The molecule has 0 saturated heterocycles. The highest BCUT2D eigenvalue weighted by atomic mass is 79.9. The molecule has 3 heteroatoms. The number of halogens is 1. The fourth-order valence-corrected chi connectivity index (χ4v) is 2.49. The van der Waals surface area contributed by atoms with E-state index in [-0.39, 0.29) is 0 Å². The van der Waals surface area contributed by atoms with Crippen LogP contribution in [0.4, 0.5) is 0 Å². The molecule has 0 saturated carbocycles. The topological polar surface area (TPSA) is 26.0 Å². The Hall–Kier alpha value is 0.140. The summed E-state index contributed by atoms with van der Waals surface area (Å²) < 4.78 is 1.22. The van der Waals surface area contributed by atoms with E-state index in [0.717, 1.165) is 13.0 Å². The van der Waals surface area contributed by atoms with Gasteiger partial charge in [0.15, 0.2) is 0 Å². The van der Waals surface area contributed by atoms with Crippen LogP contribution >= 0.6 is 27.3 Å². The van der Waals surface area contributed by atoms with Crippen LogP contribution in [0.5, 0.6) is 0 Å². The second kappa shape index (κ2) is 5.00. The quantitative estimate of drug-likeness (QED) is 0.870. The summed E-state index contributed by atoms with van der Waals surface area (Å²) in [7, 11) is 0. The molecule has 0 aliphatic carbocycles. The maximum absolute atomic E-state index is 5.54. The Labute approximate surface area is 86.1 Å². The highest BCUT2D eigenvalue weighted by Gasteiger charge is 2.01. The van der Waals surface area contributed by atoms with Gasteiger partial charge in [-0.05, 0) is 53.4 Å². The molecular weight excluding hydrogens is 234 g/mol. The third-order valence-electron chi connectivity index (χ3n) is 1.91. The summed E-state index contributed by atoms with van der Waals surface area (Å²) >= 11 is 5.27. The van der Waals surface area contributed by atoms with Crippen molar-refractivity contribution in [2.75, 3.05) is 6.54 Å². The van der Waals surface area contributed by atoms with Gasteiger partial charge in [0.05, 0.1) is 3.79 Å². The van der Waals surface area contributed by atoms with Gasteiger partial charge in [0, 0.05) is 4.88 Å². The Bertz CT molecular complexity index is 234. The van der Waals surface area contributed by atoms with Crippen molar-refractivity contribution < 1.29 is 0 Å². The SMILES string of the molecule is CC(CN)CCc1ccc(Br)s1. The smallest absolute Gasteiger partial charge is 0.0701 e. The van der Waals surface area contributed by atoms with Crippen molar-refractivity contribution in [1.82, 2.24) is 0 Å².